The molecule has 3 rings (SSSR count). The molecular formula is C19H13N3O3. The van der Waals surface area contributed by atoms with Crippen LogP contribution in [-0.2, 0) is 0 Å². The van der Waals surface area contributed by atoms with Gasteiger partial charge in [-0.3, -0.25) is 10.1 Å². The molecule has 0 bridgehead atoms. The first-order valence-corrected chi connectivity index (χ1v) is 7.50. The van der Waals surface area contributed by atoms with Gasteiger partial charge in [0.2, 0.25) is 0 Å². The minimum Gasteiger partial charge on any atom is -0.478 e. The molecule has 2 aromatic carbocycles. The van der Waals surface area contributed by atoms with Gasteiger partial charge in [-0.1, -0.05) is 24.3 Å². The Hall–Kier alpha value is -3.72. The molecule has 1 heterocycles. The summed E-state index contributed by atoms with van der Waals surface area (Å²) in [4.78, 5) is 15.1. The van der Waals surface area contributed by atoms with Crippen LogP contribution in [0.3, 0.4) is 0 Å². The van der Waals surface area contributed by atoms with E-state index in [0.29, 0.717) is 22.3 Å². The van der Waals surface area contributed by atoms with Gasteiger partial charge >= 0.3 is 0 Å². The summed E-state index contributed by atoms with van der Waals surface area (Å²) in [6.45, 7) is -0.0251. The first-order chi connectivity index (χ1) is 12.2. The fourth-order valence-electron chi connectivity index (χ4n) is 2.44. The van der Waals surface area contributed by atoms with Gasteiger partial charge in [-0.2, -0.15) is 5.26 Å². The van der Waals surface area contributed by atoms with Crippen LogP contribution in [0.2, 0.25) is 0 Å². The second kappa shape index (κ2) is 7.23. The lowest BCUT2D eigenvalue weighted by atomic mass is 10.1. The number of benzene rings is 2. The fraction of sp³-hybridized carbons (Fsp3) is 0.0526. The fourth-order valence-corrected chi connectivity index (χ4v) is 2.44. The molecule has 0 saturated heterocycles. The standard InChI is InChI=1S/C19H13N3O3/c20-12-13-25-19-7-2-1-4-14(19)8-9-15-10-11-16-17(21-15)5-3-6-18(16)22(23)24/h1-11H,13H2/b9-8+. The van der Waals surface area contributed by atoms with E-state index in [1.165, 1.54) is 6.07 Å². The van der Waals surface area contributed by atoms with Crippen molar-refractivity contribution in [3.05, 3.63) is 76.0 Å². The van der Waals surface area contributed by atoms with Crippen LogP contribution in [0.5, 0.6) is 5.75 Å². The molecule has 25 heavy (non-hydrogen) atoms. The molecule has 0 N–H and O–H groups in total. The Morgan fingerprint density at radius 1 is 1.12 bits per heavy atom. The van der Waals surface area contributed by atoms with E-state index in [-0.39, 0.29) is 12.3 Å². The molecule has 122 valence electrons. The average Bonchev–Trinajstić information content (AvgIpc) is 2.64. The molecule has 6 heteroatoms. The van der Waals surface area contributed by atoms with Gasteiger partial charge in [-0.25, -0.2) is 4.98 Å². The molecule has 0 unspecified atom stereocenters. The first-order valence-electron chi connectivity index (χ1n) is 7.50. The number of hydrogen-bond donors (Lipinski definition) is 0. The second-order valence-corrected chi connectivity index (χ2v) is 5.15. The van der Waals surface area contributed by atoms with Gasteiger partial charge < -0.3 is 4.74 Å². The van der Waals surface area contributed by atoms with Crippen LogP contribution >= 0.6 is 0 Å². The summed E-state index contributed by atoms with van der Waals surface area (Å²) < 4.78 is 5.38. The van der Waals surface area contributed by atoms with Gasteiger partial charge in [0, 0.05) is 11.6 Å². The van der Waals surface area contributed by atoms with Crippen molar-refractivity contribution in [1.82, 2.24) is 4.98 Å². The molecular weight excluding hydrogens is 318 g/mol. The maximum atomic E-state index is 11.1. The number of ether oxygens (including phenoxy) is 1. The van der Waals surface area contributed by atoms with Crippen molar-refractivity contribution >= 4 is 28.7 Å². The molecule has 0 spiro atoms. The predicted octanol–water partition coefficient (Wildman–Crippen LogP) is 4.22. The molecule has 0 aliphatic heterocycles. The molecule has 0 amide bonds. The number of para-hydroxylation sites is 1. The molecule has 0 saturated carbocycles. The molecule has 0 fully saturated rings. The van der Waals surface area contributed by atoms with Crippen LogP contribution in [0.1, 0.15) is 11.3 Å². The van der Waals surface area contributed by atoms with Gasteiger partial charge in [0.05, 0.1) is 21.5 Å². The third-order valence-electron chi connectivity index (χ3n) is 3.57. The van der Waals surface area contributed by atoms with Crippen molar-refractivity contribution in [3.8, 4) is 11.8 Å². The SMILES string of the molecule is N#CCOc1ccccc1/C=C/c1ccc2c([N+](=O)[O-])cccc2n1. The monoisotopic (exact) mass is 331 g/mol. The average molecular weight is 331 g/mol. The van der Waals surface area contributed by atoms with Crippen LogP contribution in [0.25, 0.3) is 23.1 Å². The zero-order valence-corrected chi connectivity index (χ0v) is 13.1. The predicted molar refractivity (Wildman–Crippen MR) is 94.9 cm³/mol. The summed E-state index contributed by atoms with van der Waals surface area (Å²) in [5, 5.41) is 20.2. The Morgan fingerprint density at radius 2 is 1.96 bits per heavy atom. The Labute approximate surface area is 143 Å². The van der Waals surface area contributed by atoms with Crippen molar-refractivity contribution in [1.29, 1.82) is 5.26 Å². The Bertz CT molecular complexity index is 1010. The van der Waals surface area contributed by atoms with E-state index >= 15 is 0 Å². The van der Waals surface area contributed by atoms with Crippen molar-refractivity contribution in [2.45, 2.75) is 0 Å². The second-order valence-electron chi connectivity index (χ2n) is 5.15. The van der Waals surface area contributed by atoms with Crippen molar-refractivity contribution in [2.24, 2.45) is 0 Å². The topological polar surface area (TPSA) is 89.0 Å². The normalized spacial score (nSPS) is 10.7. The van der Waals surface area contributed by atoms with E-state index in [4.69, 9.17) is 10.00 Å². The minimum absolute atomic E-state index is 0.0251. The van der Waals surface area contributed by atoms with E-state index in [0.717, 1.165) is 5.56 Å². The number of non-ortho nitro benzene ring substituents is 1. The molecule has 6 nitrogen and oxygen atoms in total. The molecule has 0 aliphatic carbocycles. The van der Waals surface area contributed by atoms with E-state index in [2.05, 4.69) is 4.98 Å². The van der Waals surface area contributed by atoms with Crippen LogP contribution in [-0.4, -0.2) is 16.5 Å². The number of nitrogens with zero attached hydrogens (tertiary/aromatic N) is 3. The van der Waals surface area contributed by atoms with Crippen molar-refractivity contribution in [3.63, 3.8) is 0 Å². The van der Waals surface area contributed by atoms with E-state index in [9.17, 15) is 10.1 Å². The summed E-state index contributed by atoms with van der Waals surface area (Å²) in [6.07, 6.45) is 3.63. The number of aromatic nitrogens is 1. The maximum absolute atomic E-state index is 11.1. The highest BCUT2D eigenvalue weighted by atomic mass is 16.6. The van der Waals surface area contributed by atoms with Crippen molar-refractivity contribution < 1.29 is 9.66 Å². The van der Waals surface area contributed by atoms with Crippen LogP contribution in [0, 0.1) is 21.4 Å². The van der Waals surface area contributed by atoms with Gasteiger partial charge in [0.15, 0.2) is 6.61 Å². The number of nitro groups is 1. The number of rotatable bonds is 5. The van der Waals surface area contributed by atoms with E-state index in [1.54, 1.807) is 36.4 Å². The summed E-state index contributed by atoms with van der Waals surface area (Å²) in [5.41, 5.74) is 2.09. The zero-order valence-electron chi connectivity index (χ0n) is 13.1. The Kier molecular flexibility index (Phi) is 4.67. The van der Waals surface area contributed by atoms with Crippen LogP contribution < -0.4 is 4.74 Å². The van der Waals surface area contributed by atoms with Crippen LogP contribution in [0.15, 0.2) is 54.6 Å². The third kappa shape index (κ3) is 3.62. The van der Waals surface area contributed by atoms with E-state index < -0.39 is 4.92 Å². The third-order valence-corrected chi connectivity index (χ3v) is 3.57. The molecule has 0 aliphatic rings. The minimum atomic E-state index is -0.414. The summed E-state index contributed by atoms with van der Waals surface area (Å²) in [6, 6.07) is 17.5. The molecule has 3 aromatic rings. The molecule has 0 atom stereocenters. The smallest absolute Gasteiger partial charge is 0.278 e. The number of fused-ring (bicyclic) bond motifs is 1. The van der Waals surface area contributed by atoms with Gasteiger partial charge in [-0.05, 0) is 36.4 Å². The van der Waals surface area contributed by atoms with Crippen LogP contribution in [0.4, 0.5) is 5.69 Å². The lowest BCUT2D eigenvalue weighted by Gasteiger charge is -2.05. The lowest BCUT2D eigenvalue weighted by molar-refractivity contribution is -0.383. The largest absolute Gasteiger partial charge is 0.478 e. The molecule has 0 radical (unpaired) electrons. The summed E-state index contributed by atoms with van der Waals surface area (Å²) in [7, 11) is 0. The maximum Gasteiger partial charge on any atom is 0.278 e. The van der Waals surface area contributed by atoms with Gasteiger partial charge in [0.1, 0.15) is 11.8 Å². The summed E-state index contributed by atoms with van der Waals surface area (Å²) in [5.74, 6) is 0.608. The molecule has 1 aromatic heterocycles. The zero-order chi connectivity index (χ0) is 17.6. The Morgan fingerprint density at radius 3 is 2.76 bits per heavy atom. The summed E-state index contributed by atoms with van der Waals surface area (Å²) >= 11 is 0. The Balaban J connectivity index is 1.93. The highest BCUT2D eigenvalue weighted by molar-refractivity contribution is 5.89. The lowest BCUT2D eigenvalue weighted by Crippen LogP contribution is -1.95. The number of hydrogen-bond acceptors (Lipinski definition) is 5. The van der Waals surface area contributed by atoms with Crippen molar-refractivity contribution in [2.75, 3.05) is 6.61 Å². The number of nitro benzene ring substituents is 1. The first kappa shape index (κ1) is 16.1. The highest BCUT2D eigenvalue weighted by Crippen LogP contribution is 2.25. The van der Waals surface area contributed by atoms with Gasteiger partial charge in [0.25, 0.3) is 5.69 Å². The van der Waals surface area contributed by atoms with E-state index in [1.807, 2.05) is 30.3 Å². The quantitative estimate of drug-likeness (QED) is 0.516. The van der Waals surface area contributed by atoms with Gasteiger partial charge in [-0.15, -0.1) is 0 Å². The highest BCUT2D eigenvalue weighted by Gasteiger charge is 2.11. The number of pyridine rings is 1. The number of nitriles is 1.